The van der Waals surface area contributed by atoms with Gasteiger partial charge in [0.25, 0.3) is 0 Å². The third-order valence-corrected chi connectivity index (χ3v) is 9.89. The van der Waals surface area contributed by atoms with Crippen molar-refractivity contribution in [3.63, 3.8) is 0 Å². The Balaban J connectivity index is 1.16. The Morgan fingerprint density at radius 2 is 1.71 bits per heavy atom. The lowest BCUT2D eigenvalue weighted by Crippen LogP contribution is -2.76. The van der Waals surface area contributed by atoms with Crippen LogP contribution in [0.1, 0.15) is 22.5 Å². The van der Waals surface area contributed by atoms with Crippen molar-refractivity contribution >= 4 is 28.7 Å². The minimum absolute atomic E-state index is 0.0228. The number of halogens is 2. The van der Waals surface area contributed by atoms with E-state index in [9.17, 15) is 28.3 Å². The molecule has 0 aliphatic carbocycles. The van der Waals surface area contributed by atoms with Gasteiger partial charge in [-0.2, -0.15) is 5.01 Å². The Hall–Kier alpha value is -6.67. The van der Waals surface area contributed by atoms with Gasteiger partial charge < -0.3 is 24.7 Å². The first-order valence-corrected chi connectivity index (χ1v) is 17.7. The summed E-state index contributed by atoms with van der Waals surface area (Å²) in [5.41, 5.74) is 3.31. The summed E-state index contributed by atoms with van der Waals surface area (Å²) in [6, 6.07) is 28.3. The van der Waals surface area contributed by atoms with E-state index < -0.39 is 35.8 Å². The first-order chi connectivity index (χ1) is 26.7. The third kappa shape index (κ3) is 7.31. The number of phenolic OH excluding ortho intramolecular Hbond substituents is 1. The number of hydrogen-bond donors (Lipinski definition) is 2. The largest absolute Gasteiger partial charge is 0.508 e. The number of carbonyl (C=O) groups is 3. The molecule has 2 fully saturated rings. The summed E-state index contributed by atoms with van der Waals surface area (Å²) in [6.07, 6.45) is 0.871. The number of rotatable bonds is 9. The summed E-state index contributed by atoms with van der Waals surface area (Å²) in [7, 11) is 0. The zero-order valence-corrected chi connectivity index (χ0v) is 29.4. The van der Waals surface area contributed by atoms with E-state index in [1.807, 2.05) is 60.7 Å². The van der Waals surface area contributed by atoms with Crippen LogP contribution in [-0.2, 0) is 35.6 Å². The molecule has 8 rings (SSSR count). The highest BCUT2D eigenvalue weighted by Crippen LogP contribution is 2.32. The summed E-state index contributed by atoms with van der Waals surface area (Å²) in [5, 5.41) is 20.8. The summed E-state index contributed by atoms with van der Waals surface area (Å²) >= 11 is 0. The van der Waals surface area contributed by atoms with Crippen LogP contribution in [0.3, 0.4) is 0 Å². The molecule has 14 heteroatoms. The highest BCUT2D eigenvalue weighted by atomic mass is 19.1. The Morgan fingerprint density at radius 1 is 0.891 bits per heavy atom. The Kier molecular flexibility index (Phi) is 9.64. The molecule has 4 aromatic carbocycles. The second kappa shape index (κ2) is 15.0. The van der Waals surface area contributed by atoms with E-state index in [4.69, 9.17) is 4.52 Å². The smallest absolute Gasteiger partial charge is 0.334 e. The lowest BCUT2D eigenvalue weighted by Gasteiger charge is -2.55. The lowest BCUT2D eigenvalue weighted by molar-refractivity contribution is -0.193. The van der Waals surface area contributed by atoms with Crippen LogP contribution in [0.2, 0.25) is 0 Å². The SMILES string of the molecule is O=C1[C@H](Cc2ccc(O)cc2)N2C(=O)CN(Cc3cc(-c4ccc(F)cc4F)no3)N(C(=O)NCc3ccccc3)[C@H]2CN1Cc1cccc2ncccc12. The summed E-state index contributed by atoms with van der Waals surface area (Å²) < 4.78 is 33.9. The number of aromatic hydroxyl groups is 1. The molecule has 6 aromatic rings. The molecule has 0 radical (unpaired) electrons. The molecule has 4 amide bonds. The number of phenols is 1. The van der Waals surface area contributed by atoms with Crippen LogP contribution in [0.15, 0.2) is 120 Å². The Morgan fingerprint density at radius 3 is 2.51 bits per heavy atom. The molecule has 0 bridgehead atoms. The number of pyridine rings is 1. The predicted molar refractivity (Wildman–Crippen MR) is 196 cm³/mol. The van der Waals surface area contributed by atoms with Crippen molar-refractivity contribution in [2.75, 3.05) is 13.1 Å². The highest BCUT2D eigenvalue weighted by molar-refractivity contribution is 5.92. The van der Waals surface area contributed by atoms with E-state index >= 15 is 0 Å². The van der Waals surface area contributed by atoms with Gasteiger partial charge in [-0.05, 0) is 53.1 Å². The number of hydrogen-bond acceptors (Lipinski definition) is 8. The number of fused-ring (bicyclic) bond motifs is 2. The van der Waals surface area contributed by atoms with Gasteiger partial charge in [-0.3, -0.25) is 14.6 Å². The van der Waals surface area contributed by atoms with Crippen molar-refractivity contribution in [3.05, 3.63) is 149 Å². The number of benzene rings is 4. The number of amides is 4. The molecular formula is C41H35F2N7O5. The van der Waals surface area contributed by atoms with Crippen molar-refractivity contribution < 1.29 is 32.8 Å². The molecular weight excluding hydrogens is 708 g/mol. The standard InChI is InChI=1S/C41H35F2N7O5/c42-29-13-16-33(34(43)19-29)36-20-31(55-46-36)23-48-25-39(52)49-37(18-26-11-14-30(51)15-12-26)40(53)47(22-28-8-4-10-35-32(28)9-5-17-44-35)24-38(49)50(48)41(54)45-21-27-6-2-1-3-7-27/h1-17,19-20,37-38,51H,18,21-25H2,(H,45,54)/t37-,38-/m0/s1. The number of hydrazine groups is 1. The predicted octanol–water partition coefficient (Wildman–Crippen LogP) is 5.62. The van der Waals surface area contributed by atoms with Crippen molar-refractivity contribution in [2.24, 2.45) is 0 Å². The van der Waals surface area contributed by atoms with Crippen LogP contribution in [0, 0.1) is 11.6 Å². The third-order valence-electron chi connectivity index (χ3n) is 9.89. The maximum Gasteiger partial charge on any atom is 0.334 e. The zero-order valence-electron chi connectivity index (χ0n) is 29.4. The van der Waals surface area contributed by atoms with Gasteiger partial charge in [0, 0.05) is 48.8 Å². The number of urea groups is 1. The first kappa shape index (κ1) is 35.4. The number of carbonyl (C=O) groups excluding carboxylic acids is 3. The normalized spacial score (nSPS) is 17.5. The molecule has 0 spiro atoms. The minimum Gasteiger partial charge on any atom is -0.508 e. The Labute approximate surface area is 314 Å². The highest BCUT2D eigenvalue weighted by Gasteiger charge is 2.51. The molecule has 278 valence electrons. The van der Waals surface area contributed by atoms with Gasteiger partial charge in [-0.1, -0.05) is 65.8 Å². The average molecular weight is 744 g/mol. The first-order valence-electron chi connectivity index (χ1n) is 17.7. The van der Waals surface area contributed by atoms with Gasteiger partial charge in [0.1, 0.15) is 35.3 Å². The van der Waals surface area contributed by atoms with E-state index in [0.29, 0.717) is 5.56 Å². The van der Waals surface area contributed by atoms with Gasteiger partial charge in [-0.25, -0.2) is 18.6 Å². The molecule has 2 atom stereocenters. The number of aromatic nitrogens is 2. The minimum atomic E-state index is -0.992. The van der Waals surface area contributed by atoms with E-state index in [1.54, 1.807) is 23.2 Å². The molecule has 55 heavy (non-hydrogen) atoms. The molecule has 2 aromatic heterocycles. The van der Waals surface area contributed by atoms with Crippen LogP contribution >= 0.6 is 0 Å². The summed E-state index contributed by atoms with van der Waals surface area (Å²) in [4.78, 5) is 50.9. The fraction of sp³-hybridized carbons (Fsp3) is 0.195. The van der Waals surface area contributed by atoms with Crippen LogP contribution in [0.4, 0.5) is 13.6 Å². The molecule has 2 saturated heterocycles. The van der Waals surface area contributed by atoms with Crippen LogP contribution in [0.5, 0.6) is 5.75 Å². The van der Waals surface area contributed by atoms with Crippen LogP contribution in [-0.4, -0.2) is 78.2 Å². The molecule has 4 heterocycles. The fourth-order valence-corrected chi connectivity index (χ4v) is 7.29. The van der Waals surface area contributed by atoms with Gasteiger partial charge in [0.2, 0.25) is 11.8 Å². The molecule has 2 N–H and O–H groups in total. The summed E-state index contributed by atoms with van der Waals surface area (Å²) in [6.45, 7) is -0.0734. The van der Waals surface area contributed by atoms with E-state index in [-0.39, 0.29) is 67.8 Å². The fourth-order valence-electron chi connectivity index (χ4n) is 7.29. The quantitative estimate of drug-likeness (QED) is 0.195. The van der Waals surface area contributed by atoms with Crippen LogP contribution < -0.4 is 5.32 Å². The van der Waals surface area contributed by atoms with Crippen molar-refractivity contribution in [1.82, 2.24) is 35.3 Å². The lowest BCUT2D eigenvalue weighted by atomic mass is 9.98. The van der Waals surface area contributed by atoms with E-state index in [2.05, 4.69) is 15.5 Å². The van der Waals surface area contributed by atoms with Gasteiger partial charge >= 0.3 is 6.03 Å². The van der Waals surface area contributed by atoms with Crippen molar-refractivity contribution in [2.45, 2.75) is 38.3 Å². The number of piperazine rings is 1. The number of nitrogens with one attached hydrogen (secondary N) is 1. The maximum atomic E-state index is 14.7. The van der Waals surface area contributed by atoms with Crippen LogP contribution in [0.25, 0.3) is 22.2 Å². The Bertz CT molecular complexity index is 2370. The summed E-state index contributed by atoms with van der Waals surface area (Å²) in [5.74, 6) is -1.97. The second-order valence-electron chi connectivity index (χ2n) is 13.5. The van der Waals surface area contributed by atoms with Crippen molar-refractivity contribution in [1.29, 1.82) is 0 Å². The molecule has 0 unspecified atom stereocenters. The monoisotopic (exact) mass is 743 g/mol. The van der Waals surface area contributed by atoms with E-state index in [0.717, 1.165) is 34.2 Å². The maximum absolute atomic E-state index is 14.7. The molecule has 2 aliphatic heterocycles. The zero-order chi connectivity index (χ0) is 38.1. The average Bonchev–Trinajstić information content (AvgIpc) is 3.64. The van der Waals surface area contributed by atoms with E-state index in [1.165, 1.54) is 39.2 Å². The van der Waals surface area contributed by atoms with Gasteiger partial charge in [0.05, 0.1) is 25.2 Å². The second-order valence-corrected chi connectivity index (χ2v) is 13.5. The molecule has 12 nitrogen and oxygen atoms in total. The number of nitrogens with zero attached hydrogens (tertiary/aromatic N) is 6. The van der Waals surface area contributed by atoms with Gasteiger partial charge in [0.15, 0.2) is 5.76 Å². The molecule has 0 saturated carbocycles. The molecule has 2 aliphatic rings. The topological polar surface area (TPSA) is 135 Å². The van der Waals surface area contributed by atoms with Crippen molar-refractivity contribution in [3.8, 4) is 17.0 Å². The van der Waals surface area contributed by atoms with Gasteiger partial charge in [-0.15, -0.1) is 0 Å².